The third kappa shape index (κ3) is 37.6. The van der Waals surface area contributed by atoms with Crippen LogP contribution in [0.1, 0.15) is 186 Å². The van der Waals surface area contributed by atoms with Crippen molar-refractivity contribution in [2.45, 2.75) is 48.7 Å². The molecule has 0 bridgehead atoms. The maximum absolute atomic E-state index is 8.05. The Morgan fingerprint density at radius 3 is 0.740 bits per heavy atom. The standard InChI is InChI=1S/8C9H13NO2/c8*1-10-6-9(12)7-3-2-4-8(11)5-7/h8*2-5,9-12H,6H2,1H3/t8*9-/m11110000/s1/i1D3,2D,3D,4D,5D,6D2,9D,12D;1D3,2D,3D,4D,5D,9D,12D;1D3,2D,3D,4D,5D,6D2,12D;1D3,2D,3D,4D,5D,12D;1D3,2D,3D,4D,5D,6D2,9D,12D;1D3,2D,3D,4D,5D,9D,12D;1D3,2D,3D,4D,5D,6D2,12D;1D3,2D,3D,4D,5D,12D/hD16. The van der Waals surface area contributed by atoms with Crippen molar-refractivity contribution in [3.05, 3.63) is 238 Å². The van der Waals surface area contributed by atoms with E-state index in [-0.39, 0.29) is 32.4 Å². The highest BCUT2D eigenvalue weighted by atomic mass is 16.3. The summed E-state index contributed by atoms with van der Waals surface area (Å²) in [6.07, 6.45) is -19.8. The number of likely N-dealkylation sites (N-methyl/N-ethyl adjacent to an activating group) is 8. The average molecular weight is 1430 g/mol. The quantitative estimate of drug-likeness (QED) is 0.0236. The van der Waals surface area contributed by atoms with Gasteiger partial charge in [-0.25, -0.2) is 0 Å². The molecule has 528 valence electrons. The van der Waals surface area contributed by atoms with Crippen LogP contribution in [0.2, 0.25) is 11.3 Å². The minimum Gasteiger partial charge on any atom is -0.508 e. The highest BCUT2D eigenvalue weighted by Crippen LogP contribution is 2.23. The normalized spacial score (nSPS) is 29.5. The number of phenolic OH excluding ortho intramolecular Hbond substituents is 8. The van der Waals surface area contributed by atoms with Gasteiger partial charge in [-0.2, -0.15) is 0 Å². The van der Waals surface area contributed by atoms with E-state index >= 15 is 0 Å². The molecule has 0 aliphatic rings. The number of aliphatic hydroxyl groups excluding tert-OH is 4. The summed E-state index contributed by atoms with van der Waals surface area (Å²) < 4.78 is 679. The topological polar surface area (TPSA) is 420 Å². The molecule has 0 saturated carbocycles. The molecule has 24 N–H and O–H groups in total. The molecule has 24 heteroatoms. The molecule has 8 aromatic rings. The summed E-state index contributed by atoms with van der Waals surface area (Å²) >= 11 is 0. The lowest BCUT2D eigenvalue weighted by Gasteiger charge is -2.09. The first-order valence-electron chi connectivity index (χ1n) is 68.2. The summed E-state index contributed by atoms with van der Waals surface area (Å²) in [5, 5.41) is 63.6. The van der Waals surface area contributed by atoms with E-state index in [9.17, 15) is 0 Å². The second kappa shape index (κ2) is 50.9. The van der Waals surface area contributed by atoms with Crippen LogP contribution >= 0.6 is 0 Å². The highest BCUT2D eigenvalue weighted by molar-refractivity contribution is 5.34. The molecule has 8 aromatic carbocycles. The summed E-state index contributed by atoms with van der Waals surface area (Å²) in [4.78, 5) is 0. The van der Waals surface area contributed by atoms with Crippen LogP contribution in [0.4, 0.5) is 0 Å². The Bertz CT molecular complexity index is 6950. The lowest BCUT2D eigenvalue weighted by Crippen LogP contribution is -2.16. The molecule has 0 spiro atoms. The smallest absolute Gasteiger partial charge is 0.293 e. The van der Waals surface area contributed by atoms with Crippen LogP contribution in [0.3, 0.4) is 0 Å². The Morgan fingerprint density at radius 1 is 0.281 bits per heavy atom. The lowest BCUT2D eigenvalue weighted by atomic mass is 10.1. The van der Waals surface area contributed by atoms with E-state index in [0.29, 0.717) is 0 Å². The van der Waals surface area contributed by atoms with Gasteiger partial charge in [-0.05, 0) is 197 Å². The number of nitrogens with one attached hydrogen (secondary N) is 8. The summed E-state index contributed by atoms with van der Waals surface area (Å²) in [6, 6.07) is -26.0. The van der Waals surface area contributed by atoms with Gasteiger partial charge in [-0.1, -0.05) is 96.7 Å². The number of rotatable bonds is 40. The fourth-order valence-electron chi connectivity index (χ4n) is 4.87. The average Bonchev–Trinajstić information content (AvgIpc) is 0.716. The SMILES string of the molecule is [2H]Oc1c([2H])c([2H])c([2H])c([C@@H](CN([2H])C([2H])([2H])[2H])O[2H])c1[2H].[2H]Oc1c([2H])c([2H])c([2H])c([C@@H](O[2H])C([2H])([2H])N([2H])C([2H])([2H])[2H])c1[2H].[2H]Oc1c([2H])c([2H])c([2H])c([C@@]([2H])(CN([2H])C([2H])([2H])[2H])O[2H])c1[2H].[2H]Oc1c([2H])c([2H])c([2H])c([C@@]([2H])(O[2H])C([2H])([2H])N([2H])C([2H])([2H])[2H])c1[2H].[2H]Oc1c([2H])c([2H])c([2H])c([C@H](CN([2H])C([2H])([2H])[2H])O[2H])c1[2H].[2H]Oc1c([2H])c([2H])c([2H])c([C@H](O[2H])C([2H])([2H])N([2H])C([2H])([2H])[2H])c1[2H].[2H]Oc1c([2H])c([2H])c([2H])c([C@]([2H])(CN([2H])C([2H])([2H])[2H])O[2H])c1[2H].[2H]Oc1c([2H])c([2H])c([2H])c([C@]([2H])(O[2H])C([2H])([2H])N([2H])C([2H])([2H])[2H])c1[2H]. The molecule has 96 heavy (non-hydrogen) atoms. The first kappa shape index (κ1) is 20.3. The van der Waals surface area contributed by atoms with Gasteiger partial charge >= 0.3 is 0 Å². The summed E-state index contributed by atoms with van der Waals surface area (Å²) in [7, 11) is 0. The Morgan fingerprint density at radius 2 is 0.500 bits per heavy atom. The van der Waals surface area contributed by atoms with Gasteiger partial charge < -0.3 is 124 Å². The molecule has 0 aliphatic heterocycles. The molecule has 8 atom stereocenters. The zero-order chi connectivity index (χ0) is 149. The molecule has 0 radical (unpaired) electrons. The van der Waals surface area contributed by atoms with Crippen LogP contribution < -0.4 is 42.5 Å². The zero-order valence-corrected chi connectivity index (χ0v) is 47.2. The van der Waals surface area contributed by atoms with Gasteiger partial charge in [-0.3, -0.25) is 0 Å². The fourth-order valence-corrected chi connectivity index (χ4v) is 4.87. The second-order valence-electron chi connectivity index (χ2n) is 15.3. The molecule has 0 fully saturated rings. The van der Waals surface area contributed by atoms with E-state index in [1.54, 1.807) is 0 Å². The molecule has 0 aliphatic carbocycles. The van der Waals surface area contributed by atoms with E-state index in [2.05, 4.69) is 81.7 Å². The molecular weight excluding hydrogens is 1230 g/mol. The van der Waals surface area contributed by atoms with E-state index in [1.165, 1.54) is 0 Å². The van der Waals surface area contributed by atoms with Crippen molar-refractivity contribution in [3.63, 3.8) is 0 Å². The predicted molar refractivity (Wildman–Crippen MR) is 376 cm³/mol. The number of aromatic hydroxyl groups is 8. The second-order valence-corrected chi connectivity index (χ2v) is 15.3. The Kier molecular flexibility index (Phi) is 10.8. The molecule has 0 heterocycles. The lowest BCUT2D eigenvalue weighted by molar-refractivity contribution is 0.177. The maximum atomic E-state index is 8.05. The number of hydrogen-bond donors (Lipinski definition) is 24. The van der Waals surface area contributed by atoms with Crippen LogP contribution in [0.25, 0.3) is 0 Å². The third-order valence-corrected chi connectivity index (χ3v) is 8.71. The molecule has 0 saturated heterocycles. The van der Waals surface area contributed by atoms with E-state index < -0.39 is 451 Å². The van der Waals surface area contributed by atoms with Gasteiger partial charge in [0.05, 0.1) is 98.1 Å². The third-order valence-electron chi connectivity index (χ3n) is 8.71. The first-order chi connectivity index (χ1) is 84.9. The van der Waals surface area contributed by atoms with Crippen molar-refractivity contribution in [1.29, 1.82) is 22.9 Å². The van der Waals surface area contributed by atoms with E-state index in [4.69, 9.17) is 127 Å². The zero-order valence-electron chi connectivity index (χ0n) is 139. The molecule has 8 rings (SSSR count). The van der Waals surface area contributed by atoms with Gasteiger partial charge in [-0.15, -0.1) is 0 Å². The van der Waals surface area contributed by atoms with Gasteiger partial charge in [0.25, 0.3) is 11.4 Å². The van der Waals surface area contributed by atoms with Crippen molar-refractivity contribution in [3.8, 4) is 46.0 Å². The van der Waals surface area contributed by atoms with Gasteiger partial charge in [0.15, 0.2) is 0 Å². The Labute approximate surface area is 695 Å². The largest absolute Gasteiger partial charge is 0.508 e. The van der Waals surface area contributed by atoms with Crippen LogP contribution in [-0.2, 0) is 0 Å². The molecule has 0 amide bonds. The minimum absolute atomic E-state index is 0.0348. The number of hydrogen-bond acceptors (Lipinski definition) is 24. The highest BCUT2D eigenvalue weighted by Gasteiger charge is 2.12. The molecule has 24 nitrogen and oxygen atoms in total. The summed E-state index contributed by atoms with van der Waals surface area (Å²) in [6.45, 7) is -41.7. The number of benzene rings is 8. The van der Waals surface area contributed by atoms with Crippen molar-refractivity contribution in [1.82, 2.24) is 42.5 Å². The Hall–Kier alpha value is -8.48. The van der Waals surface area contributed by atoms with Gasteiger partial charge in [0.2, 0.25) is 11.4 Å². The Balaban J connectivity index is 0.00000107. The van der Waals surface area contributed by atoms with Crippen LogP contribution in [0.15, 0.2) is 193 Å². The van der Waals surface area contributed by atoms with Crippen molar-refractivity contribution in [2.75, 3.05) is 108 Å². The molecule has 0 unspecified atom stereocenters. The van der Waals surface area contributed by atoms with E-state index in [1.807, 2.05) is 0 Å². The van der Waals surface area contributed by atoms with E-state index in [0.717, 1.165) is 0 Å². The van der Waals surface area contributed by atoms with Crippen molar-refractivity contribution >= 4 is 0 Å². The van der Waals surface area contributed by atoms with Gasteiger partial charge in [0, 0.05) is 96.0 Å². The number of phenols is 8. The predicted octanol–water partition coefficient (Wildman–Crippen LogP) is 5.16. The minimum atomic E-state index is -3.60. The van der Waals surface area contributed by atoms with Crippen molar-refractivity contribution in [2.24, 2.45) is 0 Å². The first-order valence-corrected chi connectivity index (χ1v) is 24.1. The van der Waals surface area contributed by atoms with Crippen LogP contribution in [-0.4, -0.2) is 213 Å². The van der Waals surface area contributed by atoms with Crippen LogP contribution in [0.5, 0.6) is 46.0 Å². The summed E-state index contributed by atoms with van der Waals surface area (Å²) in [5.41, 5.74) is -6.07. The molecular formula is C72H104N8O16. The molecule has 0 aromatic heterocycles. The maximum Gasteiger partial charge on any atom is 0.293 e. The van der Waals surface area contributed by atoms with Gasteiger partial charge in [0.1, 0.15) is 57.3 Å². The van der Waals surface area contributed by atoms with Crippen molar-refractivity contribution < 1.29 is 186 Å². The fraction of sp³-hybridized carbons (Fsp3) is 0.333. The monoisotopic (exact) mass is 1430 g/mol. The number of aliphatic hydroxyl groups is 8. The van der Waals surface area contributed by atoms with Crippen LogP contribution in [0, 0.1) is 0 Å². The summed E-state index contributed by atoms with van der Waals surface area (Å²) in [5.74, 6) is -6.08.